The average Bonchev–Trinajstić information content (AvgIpc) is 2.34. The van der Waals surface area contributed by atoms with E-state index in [1.54, 1.807) is 6.20 Å². The third-order valence-corrected chi connectivity index (χ3v) is 3.25. The van der Waals surface area contributed by atoms with Gasteiger partial charge in [-0.15, -0.1) is 0 Å². The molecule has 0 aliphatic carbocycles. The molecule has 0 unspecified atom stereocenters. The Morgan fingerprint density at radius 2 is 2.28 bits per heavy atom. The van der Waals surface area contributed by atoms with Gasteiger partial charge in [-0.25, -0.2) is 0 Å². The minimum Gasteiger partial charge on any atom is -0.352 e. The van der Waals surface area contributed by atoms with Crippen molar-refractivity contribution in [2.75, 3.05) is 20.1 Å². The van der Waals surface area contributed by atoms with Crippen LogP contribution in [-0.4, -0.2) is 35.9 Å². The van der Waals surface area contributed by atoms with Gasteiger partial charge in [0.2, 0.25) is 0 Å². The number of hydrogen-bond acceptors (Lipinski definition) is 3. The van der Waals surface area contributed by atoms with Crippen molar-refractivity contribution in [2.24, 2.45) is 5.92 Å². The normalized spacial score (nSPS) is 15.6. The Kier molecular flexibility index (Phi) is 3.97. The van der Waals surface area contributed by atoms with E-state index in [9.17, 15) is 4.79 Å². The SMILES string of the molecule is CC(C)CNC(=O)c1cncc2c1CCN(C)C2. The number of amides is 1. The van der Waals surface area contributed by atoms with E-state index in [-0.39, 0.29) is 5.91 Å². The average molecular weight is 247 g/mol. The van der Waals surface area contributed by atoms with Crippen LogP contribution in [0.5, 0.6) is 0 Å². The van der Waals surface area contributed by atoms with Crippen LogP contribution in [0.1, 0.15) is 35.3 Å². The maximum Gasteiger partial charge on any atom is 0.253 e. The number of fused-ring (bicyclic) bond motifs is 1. The first-order valence-electron chi connectivity index (χ1n) is 6.50. The number of rotatable bonds is 3. The van der Waals surface area contributed by atoms with Crippen LogP contribution in [0.2, 0.25) is 0 Å². The van der Waals surface area contributed by atoms with Gasteiger partial charge < -0.3 is 10.2 Å². The van der Waals surface area contributed by atoms with Gasteiger partial charge in [0.1, 0.15) is 0 Å². The Morgan fingerprint density at radius 1 is 1.50 bits per heavy atom. The molecule has 2 rings (SSSR count). The molecule has 4 heteroatoms. The predicted molar refractivity (Wildman–Crippen MR) is 71.4 cm³/mol. The van der Waals surface area contributed by atoms with Gasteiger partial charge in [0.25, 0.3) is 5.91 Å². The molecule has 0 saturated heterocycles. The lowest BCUT2D eigenvalue weighted by Gasteiger charge is -2.26. The molecule has 0 aromatic carbocycles. The Bertz CT molecular complexity index is 443. The van der Waals surface area contributed by atoms with E-state index >= 15 is 0 Å². The highest BCUT2D eigenvalue weighted by molar-refractivity contribution is 5.95. The summed E-state index contributed by atoms with van der Waals surface area (Å²) in [7, 11) is 2.09. The number of carbonyl (C=O) groups excluding carboxylic acids is 1. The first-order chi connectivity index (χ1) is 8.58. The lowest BCUT2D eigenvalue weighted by molar-refractivity contribution is 0.0947. The Balaban J connectivity index is 2.18. The molecule has 1 aliphatic heterocycles. The smallest absolute Gasteiger partial charge is 0.253 e. The first kappa shape index (κ1) is 13.0. The summed E-state index contributed by atoms with van der Waals surface area (Å²) >= 11 is 0. The predicted octanol–water partition coefficient (Wildman–Crippen LogP) is 1.46. The topological polar surface area (TPSA) is 45.2 Å². The van der Waals surface area contributed by atoms with Gasteiger partial charge in [-0.1, -0.05) is 13.8 Å². The fraction of sp³-hybridized carbons (Fsp3) is 0.571. The van der Waals surface area contributed by atoms with E-state index in [4.69, 9.17) is 0 Å². The number of nitrogens with one attached hydrogen (secondary N) is 1. The van der Waals surface area contributed by atoms with Crippen molar-refractivity contribution in [1.82, 2.24) is 15.2 Å². The number of hydrogen-bond donors (Lipinski definition) is 1. The van der Waals surface area contributed by atoms with Gasteiger partial charge in [-0.2, -0.15) is 0 Å². The van der Waals surface area contributed by atoms with Crippen LogP contribution in [0, 0.1) is 5.92 Å². The molecule has 0 radical (unpaired) electrons. The zero-order valence-corrected chi connectivity index (χ0v) is 11.4. The van der Waals surface area contributed by atoms with Crippen molar-refractivity contribution in [2.45, 2.75) is 26.8 Å². The van der Waals surface area contributed by atoms with Crippen LogP contribution in [-0.2, 0) is 13.0 Å². The Hall–Kier alpha value is -1.42. The number of likely N-dealkylation sites (N-methyl/N-ethyl adjacent to an activating group) is 1. The quantitative estimate of drug-likeness (QED) is 0.879. The van der Waals surface area contributed by atoms with Gasteiger partial charge in [-0.05, 0) is 30.5 Å². The summed E-state index contributed by atoms with van der Waals surface area (Å²) in [4.78, 5) is 18.6. The van der Waals surface area contributed by atoms with E-state index in [1.165, 1.54) is 11.1 Å². The van der Waals surface area contributed by atoms with Crippen LogP contribution in [0.15, 0.2) is 12.4 Å². The maximum atomic E-state index is 12.1. The standard InChI is InChI=1S/C14H21N3O/c1-10(2)6-16-14(18)13-8-15-7-11-9-17(3)5-4-12(11)13/h7-8,10H,4-6,9H2,1-3H3,(H,16,18). The summed E-state index contributed by atoms with van der Waals surface area (Å²) in [6, 6.07) is 0. The number of carbonyl (C=O) groups is 1. The zero-order valence-electron chi connectivity index (χ0n) is 11.4. The van der Waals surface area contributed by atoms with Crippen LogP contribution in [0.4, 0.5) is 0 Å². The third-order valence-electron chi connectivity index (χ3n) is 3.25. The largest absolute Gasteiger partial charge is 0.352 e. The molecule has 0 spiro atoms. The van der Waals surface area contributed by atoms with E-state index in [0.29, 0.717) is 12.5 Å². The van der Waals surface area contributed by atoms with Crippen LogP contribution < -0.4 is 5.32 Å². The molecule has 1 aromatic heterocycles. The molecule has 0 atom stereocenters. The summed E-state index contributed by atoms with van der Waals surface area (Å²) in [5.41, 5.74) is 3.10. The molecule has 18 heavy (non-hydrogen) atoms. The summed E-state index contributed by atoms with van der Waals surface area (Å²) in [6.45, 7) is 6.78. The molecule has 1 amide bonds. The summed E-state index contributed by atoms with van der Waals surface area (Å²) in [5, 5.41) is 2.97. The zero-order chi connectivity index (χ0) is 13.1. The van der Waals surface area contributed by atoms with Crippen LogP contribution in [0.25, 0.3) is 0 Å². The van der Waals surface area contributed by atoms with E-state index in [1.807, 2.05) is 6.20 Å². The lowest BCUT2D eigenvalue weighted by atomic mass is 9.97. The van der Waals surface area contributed by atoms with E-state index < -0.39 is 0 Å². The van der Waals surface area contributed by atoms with Crippen molar-refractivity contribution in [3.8, 4) is 0 Å². The molecule has 1 N–H and O–H groups in total. The molecule has 98 valence electrons. The number of nitrogens with zero attached hydrogens (tertiary/aromatic N) is 2. The monoisotopic (exact) mass is 247 g/mol. The summed E-state index contributed by atoms with van der Waals surface area (Å²) in [5.74, 6) is 0.477. The van der Waals surface area contributed by atoms with Crippen molar-refractivity contribution in [3.63, 3.8) is 0 Å². The molecule has 0 fully saturated rings. The van der Waals surface area contributed by atoms with Crippen LogP contribution in [0.3, 0.4) is 0 Å². The maximum absolute atomic E-state index is 12.1. The van der Waals surface area contributed by atoms with E-state index in [2.05, 4.69) is 36.1 Å². The van der Waals surface area contributed by atoms with Gasteiger partial charge >= 0.3 is 0 Å². The fourth-order valence-electron chi connectivity index (χ4n) is 2.22. The number of aromatic nitrogens is 1. The van der Waals surface area contributed by atoms with Gasteiger partial charge in [0, 0.05) is 32.0 Å². The van der Waals surface area contributed by atoms with E-state index in [0.717, 1.165) is 25.1 Å². The highest BCUT2D eigenvalue weighted by atomic mass is 16.1. The molecular weight excluding hydrogens is 226 g/mol. The second-order valence-electron chi connectivity index (χ2n) is 5.42. The molecule has 1 aromatic rings. The Morgan fingerprint density at radius 3 is 3.00 bits per heavy atom. The Labute approximate surface area is 108 Å². The van der Waals surface area contributed by atoms with Gasteiger partial charge in [0.05, 0.1) is 5.56 Å². The van der Waals surface area contributed by atoms with Crippen molar-refractivity contribution >= 4 is 5.91 Å². The highest BCUT2D eigenvalue weighted by Gasteiger charge is 2.20. The molecule has 1 aliphatic rings. The minimum absolute atomic E-state index is 0.0117. The van der Waals surface area contributed by atoms with Crippen molar-refractivity contribution in [1.29, 1.82) is 0 Å². The fourth-order valence-corrected chi connectivity index (χ4v) is 2.22. The van der Waals surface area contributed by atoms with Crippen molar-refractivity contribution in [3.05, 3.63) is 29.1 Å². The lowest BCUT2D eigenvalue weighted by Crippen LogP contribution is -2.32. The summed E-state index contributed by atoms with van der Waals surface area (Å²) < 4.78 is 0. The second kappa shape index (κ2) is 5.48. The van der Waals surface area contributed by atoms with Crippen molar-refractivity contribution < 1.29 is 4.79 Å². The number of pyridine rings is 1. The third kappa shape index (κ3) is 2.88. The molecule has 2 heterocycles. The second-order valence-corrected chi connectivity index (χ2v) is 5.42. The minimum atomic E-state index is 0.0117. The molecule has 0 saturated carbocycles. The molecule has 4 nitrogen and oxygen atoms in total. The van der Waals surface area contributed by atoms with Crippen LogP contribution >= 0.6 is 0 Å². The van der Waals surface area contributed by atoms with Gasteiger partial charge in [0.15, 0.2) is 0 Å². The van der Waals surface area contributed by atoms with Gasteiger partial charge in [-0.3, -0.25) is 9.78 Å². The molecule has 0 bridgehead atoms. The highest BCUT2D eigenvalue weighted by Crippen LogP contribution is 2.20. The first-order valence-corrected chi connectivity index (χ1v) is 6.50. The molecular formula is C14H21N3O. The summed E-state index contributed by atoms with van der Waals surface area (Å²) in [6.07, 6.45) is 4.50.